The second-order valence-corrected chi connectivity index (χ2v) is 8.29. The van der Waals surface area contributed by atoms with Gasteiger partial charge < -0.3 is 9.64 Å². The SMILES string of the molecule is CCN(CC)CCOc1ccc(/C(=C(\C)c2ccc(Cl)cc2)c2ccc(Cl)cc2)cc1. The topological polar surface area (TPSA) is 12.5 Å². The molecule has 0 amide bonds. The summed E-state index contributed by atoms with van der Waals surface area (Å²) in [6, 6.07) is 24.3. The van der Waals surface area contributed by atoms with Gasteiger partial charge in [0.2, 0.25) is 0 Å². The zero-order chi connectivity index (χ0) is 22.2. The van der Waals surface area contributed by atoms with E-state index >= 15 is 0 Å². The van der Waals surface area contributed by atoms with Crippen LogP contribution in [0.3, 0.4) is 0 Å². The van der Waals surface area contributed by atoms with Gasteiger partial charge in [0.1, 0.15) is 12.4 Å². The Balaban J connectivity index is 1.90. The van der Waals surface area contributed by atoms with Crippen molar-refractivity contribution in [3.05, 3.63) is 99.5 Å². The van der Waals surface area contributed by atoms with Gasteiger partial charge in [-0.15, -0.1) is 0 Å². The summed E-state index contributed by atoms with van der Waals surface area (Å²) in [6.45, 7) is 10.2. The summed E-state index contributed by atoms with van der Waals surface area (Å²) in [4.78, 5) is 2.35. The highest BCUT2D eigenvalue weighted by atomic mass is 35.5. The van der Waals surface area contributed by atoms with Crippen molar-refractivity contribution in [3.63, 3.8) is 0 Å². The van der Waals surface area contributed by atoms with Crippen LogP contribution in [-0.2, 0) is 0 Å². The lowest BCUT2D eigenvalue weighted by Crippen LogP contribution is -2.27. The van der Waals surface area contributed by atoms with E-state index in [9.17, 15) is 0 Å². The quantitative estimate of drug-likeness (QED) is 0.307. The third-order valence-electron chi connectivity index (χ3n) is 5.50. The van der Waals surface area contributed by atoms with Crippen LogP contribution in [0.1, 0.15) is 37.5 Å². The van der Waals surface area contributed by atoms with Gasteiger partial charge in [0, 0.05) is 16.6 Å². The summed E-state index contributed by atoms with van der Waals surface area (Å²) in [6.07, 6.45) is 0. The van der Waals surface area contributed by atoms with Gasteiger partial charge in [-0.25, -0.2) is 0 Å². The maximum absolute atomic E-state index is 6.14. The molecule has 31 heavy (non-hydrogen) atoms. The first-order valence-electron chi connectivity index (χ1n) is 10.7. The number of hydrogen-bond acceptors (Lipinski definition) is 2. The first kappa shape index (κ1) is 23.4. The first-order valence-corrected chi connectivity index (χ1v) is 11.5. The third kappa shape index (κ3) is 6.36. The van der Waals surface area contributed by atoms with Crippen LogP contribution in [0, 0.1) is 0 Å². The van der Waals surface area contributed by atoms with Gasteiger partial charge in [-0.05, 0) is 84.2 Å². The van der Waals surface area contributed by atoms with E-state index in [-0.39, 0.29) is 0 Å². The Morgan fingerprint density at radius 3 is 1.65 bits per heavy atom. The Morgan fingerprint density at radius 2 is 1.16 bits per heavy atom. The minimum atomic E-state index is 0.685. The summed E-state index contributed by atoms with van der Waals surface area (Å²) in [5.41, 5.74) is 5.72. The van der Waals surface area contributed by atoms with E-state index in [0.29, 0.717) is 6.61 Å². The molecule has 0 atom stereocenters. The summed E-state index contributed by atoms with van der Waals surface area (Å²) < 4.78 is 5.96. The number of allylic oxidation sites excluding steroid dienone is 1. The third-order valence-corrected chi connectivity index (χ3v) is 6.00. The molecule has 3 aromatic rings. The summed E-state index contributed by atoms with van der Waals surface area (Å²) in [5.74, 6) is 0.885. The number of likely N-dealkylation sites (N-methyl/N-ethyl adjacent to an activating group) is 1. The number of hydrogen-bond donors (Lipinski definition) is 0. The smallest absolute Gasteiger partial charge is 0.119 e. The zero-order valence-electron chi connectivity index (χ0n) is 18.4. The molecule has 4 heteroatoms. The van der Waals surface area contributed by atoms with E-state index in [2.05, 4.69) is 62.1 Å². The van der Waals surface area contributed by atoms with E-state index in [0.717, 1.165) is 57.7 Å². The molecule has 0 N–H and O–H groups in total. The van der Waals surface area contributed by atoms with E-state index in [1.165, 1.54) is 5.57 Å². The van der Waals surface area contributed by atoms with Crippen LogP contribution in [0.5, 0.6) is 5.75 Å². The van der Waals surface area contributed by atoms with Crippen molar-refractivity contribution in [1.82, 2.24) is 4.90 Å². The minimum absolute atomic E-state index is 0.685. The molecule has 0 aliphatic heterocycles. The van der Waals surface area contributed by atoms with E-state index in [1.807, 2.05) is 36.4 Å². The van der Waals surface area contributed by atoms with Crippen molar-refractivity contribution in [2.24, 2.45) is 0 Å². The van der Waals surface area contributed by atoms with Crippen molar-refractivity contribution in [2.45, 2.75) is 20.8 Å². The number of halogens is 2. The number of ether oxygens (including phenoxy) is 1. The van der Waals surface area contributed by atoms with Gasteiger partial charge in [0.25, 0.3) is 0 Å². The lowest BCUT2D eigenvalue weighted by atomic mass is 9.90. The van der Waals surface area contributed by atoms with Crippen molar-refractivity contribution in [2.75, 3.05) is 26.2 Å². The van der Waals surface area contributed by atoms with Crippen LogP contribution < -0.4 is 4.74 Å². The van der Waals surface area contributed by atoms with Crippen molar-refractivity contribution in [3.8, 4) is 5.75 Å². The van der Waals surface area contributed by atoms with Crippen LogP contribution >= 0.6 is 23.2 Å². The van der Waals surface area contributed by atoms with E-state index < -0.39 is 0 Å². The van der Waals surface area contributed by atoms with Crippen LogP contribution in [0.25, 0.3) is 11.1 Å². The molecule has 0 fully saturated rings. The predicted molar refractivity (Wildman–Crippen MR) is 134 cm³/mol. The fraction of sp³-hybridized carbons (Fsp3) is 0.259. The summed E-state index contributed by atoms with van der Waals surface area (Å²) in [7, 11) is 0. The van der Waals surface area contributed by atoms with Crippen LogP contribution in [0.2, 0.25) is 10.0 Å². The summed E-state index contributed by atoms with van der Waals surface area (Å²) >= 11 is 12.2. The monoisotopic (exact) mass is 453 g/mol. The Labute approximate surface area is 196 Å². The highest BCUT2D eigenvalue weighted by molar-refractivity contribution is 6.31. The summed E-state index contributed by atoms with van der Waals surface area (Å²) in [5, 5.41) is 1.46. The van der Waals surface area contributed by atoms with Crippen molar-refractivity contribution >= 4 is 34.3 Å². The van der Waals surface area contributed by atoms with Crippen molar-refractivity contribution < 1.29 is 4.74 Å². The van der Waals surface area contributed by atoms with Crippen LogP contribution in [-0.4, -0.2) is 31.1 Å². The zero-order valence-corrected chi connectivity index (χ0v) is 19.9. The van der Waals surface area contributed by atoms with Gasteiger partial charge in [-0.3, -0.25) is 0 Å². The average Bonchev–Trinajstić information content (AvgIpc) is 2.79. The molecule has 3 aromatic carbocycles. The van der Waals surface area contributed by atoms with Gasteiger partial charge in [0.05, 0.1) is 0 Å². The Bertz CT molecular complexity index is 989. The predicted octanol–water partition coefficient (Wildman–Crippen LogP) is 7.69. The molecule has 162 valence electrons. The molecule has 0 aromatic heterocycles. The van der Waals surface area contributed by atoms with Crippen LogP contribution in [0.15, 0.2) is 72.8 Å². The lowest BCUT2D eigenvalue weighted by Gasteiger charge is -2.18. The Morgan fingerprint density at radius 1 is 0.710 bits per heavy atom. The number of nitrogens with zero attached hydrogens (tertiary/aromatic N) is 1. The fourth-order valence-corrected chi connectivity index (χ4v) is 3.86. The maximum Gasteiger partial charge on any atom is 0.119 e. The largest absolute Gasteiger partial charge is 0.492 e. The second kappa shape index (κ2) is 11.4. The molecule has 3 rings (SSSR count). The molecule has 0 aliphatic carbocycles. The molecule has 0 radical (unpaired) electrons. The average molecular weight is 454 g/mol. The van der Waals surface area contributed by atoms with Gasteiger partial charge in [0.15, 0.2) is 0 Å². The molecule has 0 aliphatic rings. The first-order chi connectivity index (χ1) is 15.0. The number of rotatable bonds is 9. The molecule has 0 heterocycles. The normalized spacial score (nSPS) is 12.1. The molecule has 0 saturated heterocycles. The number of benzene rings is 3. The molecular weight excluding hydrogens is 425 g/mol. The van der Waals surface area contributed by atoms with E-state index in [1.54, 1.807) is 0 Å². The van der Waals surface area contributed by atoms with Gasteiger partial charge in [-0.2, -0.15) is 0 Å². The molecule has 0 unspecified atom stereocenters. The van der Waals surface area contributed by atoms with Crippen molar-refractivity contribution in [1.29, 1.82) is 0 Å². The highest BCUT2D eigenvalue weighted by Crippen LogP contribution is 2.34. The minimum Gasteiger partial charge on any atom is -0.492 e. The Hall–Kier alpha value is -2.26. The molecule has 0 bridgehead atoms. The molecule has 0 spiro atoms. The van der Waals surface area contributed by atoms with E-state index in [4.69, 9.17) is 27.9 Å². The van der Waals surface area contributed by atoms with Gasteiger partial charge in [-0.1, -0.05) is 73.4 Å². The fourth-order valence-electron chi connectivity index (χ4n) is 3.61. The lowest BCUT2D eigenvalue weighted by molar-refractivity contribution is 0.223. The van der Waals surface area contributed by atoms with Crippen LogP contribution in [0.4, 0.5) is 0 Å². The maximum atomic E-state index is 6.14. The molecule has 2 nitrogen and oxygen atoms in total. The standard InChI is InChI=1S/C27H29Cl2NO/c1-4-30(5-2)18-19-31-26-16-10-23(11-17-26)27(22-8-14-25(29)15-9-22)20(3)21-6-12-24(28)13-7-21/h6-17H,4-5,18-19H2,1-3H3/b27-20+. The highest BCUT2D eigenvalue weighted by Gasteiger charge is 2.12. The Kier molecular flexibility index (Phi) is 8.60. The van der Waals surface area contributed by atoms with Gasteiger partial charge >= 0.3 is 0 Å². The molecular formula is C27H29Cl2NO. The second-order valence-electron chi connectivity index (χ2n) is 7.41. The molecule has 0 saturated carbocycles.